The van der Waals surface area contributed by atoms with E-state index < -0.39 is 23.5 Å². The number of pyridine rings is 1. The highest BCUT2D eigenvalue weighted by Gasteiger charge is 2.13. The highest BCUT2D eigenvalue weighted by atomic mass is 19.1. The van der Waals surface area contributed by atoms with Crippen LogP contribution in [0.5, 0.6) is 0 Å². The molecule has 7 nitrogen and oxygen atoms in total. The molecule has 0 unspecified atom stereocenters. The van der Waals surface area contributed by atoms with Crippen molar-refractivity contribution < 1.29 is 23.5 Å². The minimum absolute atomic E-state index is 0.0640. The first kappa shape index (κ1) is 20.7. The summed E-state index contributed by atoms with van der Waals surface area (Å²) < 4.78 is 27.7. The van der Waals surface area contributed by atoms with Gasteiger partial charge in [-0.15, -0.1) is 0 Å². The van der Waals surface area contributed by atoms with Crippen molar-refractivity contribution >= 4 is 29.1 Å². The van der Waals surface area contributed by atoms with Crippen molar-refractivity contribution in [2.24, 2.45) is 5.73 Å². The highest BCUT2D eigenvalue weighted by molar-refractivity contribution is 5.98. The first-order valence-corrected chi connectivity index (χ1v) is 8.88. The smallest absolute Gasteiger partial charge is 0.307 e. The maximum absolute atomic E-state index is 13.9. The second-order valence-electron chi connectivity index (χ2n) is 6.43. The summed E-state index contributed by atoms with van der Waals surface area (Å²) in [6.45, 7) is -0.202. The van der Waals surface area contributed by atoms with Crippen LogP contribution in [0.15, 0.2) is 54.7 Å². The first-order chi connectivity index (χ1) is 14.3. The number of carbonyl (C=O) groups is 2. The number of benzene rings is 2. The first-order valence-electron chi connectivity index (χ1n) is 8.88. The number of nitrogens with zero attached hydrogens (tertiary/aromatic N) is 1. The summed E-state index contributed by atoms with van der Waals surface area (Å²) in [5, 5.41) is 14.7. The van der Waals surface area contributed by atoms with Crippen LogP contribution in [0.1, 0.15) is 21.5 Å². The van der Waals surface area contributed by atoms with Crippen LogP contribution < -0.4 is 16.4 Å². The Balaban J connectivity index is 1.80. The number of aliphatic carboxylic acids is 1. The van der Waals surface area contributed by atoms with Crippen molar-refractivity contribution in [3.05, 3.63) is 83.1 Å². The van der Waals surface area contributed by atoms with Gasteiger partial charge in [0.1, 0.15) is 17.5 Å². The lowest BCUT2D eigenvalue weighted by molar-refractivity contribution is -0.136. The molecular formula is C21H18F2N4O3. The zero-order valence-electron chi connectivity index (χ0n) is 15.7. The van der Waals surface area contributed by atoms with Crippen LogP contribution >= 0.6 is 0 Å². The average molecular weight is 412 g/mol. The summed E-state index contributed by atoms with van der Waals surface area (Å²) in [7, 11) is 0. The van der Waals surface area contributed by atoms with Crippen LogP contribution in [0.2, 0.25) is 0 Å². The van der Waals surface area contributed by atoms with Crippen LogP contribution in [-0.4, -0.2) is 22.0 Å². The van der Waals surface area contributed by atoms with Crippen molar-refractivity contribution in [1.29, 1.82) is 0 Å². The van der Waals surface area contributed by atoms with Gasteiger partial charge in [-0.2, -0.15) is 0 Å². The molecule has 0 aliphatic heterocycles. The molecule has 3 rings (SSSR count). The quantitative estimate of drug-likeness (QED) is 0.450. The standard InChI is InChI=1S/C21H18F2N4O3/c22-16-2-1-3-17(23)14(16)10-25-18-9-19(26-11-15(18)21(24)30)27-13-6-4-12(5-7-13)8-20(28)29/h1-7,9,11H,8,10H2,(H2,24,30)(H,28,29)(H2,25,26,27). The van der Waals surface area contributed by atoms with E-state index in [2.05, 4.69) is 15.6 Å². The van der Waals surface area contributed by atoms with E-state index in [9.17, 15) is 18.4 Å². The monoisotopic (exact) mass is 412 g/mol. The number of hydrogen-bond donors (Lipinski definition) is 4. The molecule has 3 aromatic rings. The van der Waals surface area contributed by atoms with Gasteiger partial charge in [-0.3, -0.25) is 9.59 Å². The van der Waals surface area contributed by atoms with Gasteiger partial charge in [0.15, 0.2) is 0 Å². The molecule has 0 radical (unpaired) electrons. The van der Waals surface area contributed by atoms with E-state index in [1.807, 2.05) is 0 Å². The van der Waals surface area contributed by atoms with Gasteiger partial charge in [0.25, 0.3) is 5.91 Å². The van der Waals surface area contributed by atoms with Crippen LogP contribution in [0.3, 0.4) is 0 Å². The number of hydrogen-bond acceptors (Lipinski definition) is 5. The molecule has 0 atom stereocenters. The van der Waals surface area contributed by atoms with Gasteiger partial charge in [-0.25, -0.2) is 13.8 Å². The van der Waals surface area contributed by atoms with Gasteiger partial charge < -0.3 is 21.5 Å². The van der Waals surface area contributed by atoms with Crippen molar-refractivity contribution in [2.75, 3.05) is 10.6 Å². The Morgan fingerprint density at radius 3 is 2.33 bits per heavy atom. The van der Waals surface area contributed by atoms with E-state index in [1.54, 1.807) is 24.3 Å². The molecule has 0 aliphatic rings. The maximum atomic E-state index is 13.9. The normalized spacial score (nSPS) is 10.5. The Hall–Kier alpha value is -4.01. The molecule has 0 saturated heterocycles. The molecule has 0 bridgehead atoms. The number of carboxylic acids is 1. The van der Waals surface area contributed by atoms with E-state index in [-0.39, 0.29) is 29.8 Å². The Kier molecular flexibility index (Phi) is 6.21. The molecule has 1 amide bonds. The number of amides is 1. The third kappa shape index (κ3) is 5.07. The summed E-state index contributed by atoms with van der Waals surface area (Å²) in [5.74, 6) is -2.75. The molecule has 154 valence electrons. The van der Waals surface area contributed by atoms with Gasteiger partial charge in [0.05, 0.1) is 17.7 Å². The van der Waals surface area contributed by atoms with Crippen molar-refractivity contribution in [3.63, 3.8) is 0 Å². The Labute approximate surface area is 170 Å². The topological polar surface area (TPSA) is 117 Å². The molecule has 0 saturated carbocycles. The lowest BCUT2D eigenvalue weighted by Crippen LogP contribution is -2.16. The third-order valence-electron chi connectivity index (χ3n) is 4.27. The van der Waals surface area contributed by atoms with Gasteiger partial charge in [0, 0.05) is 30.1 Å². The fourth-order valence-electron chi connectivity index (χ4n) is 2.78. The molecule has 5 N–H and O–H groups in total. The van der Waals surface area contributed by atoms with E-state index in [0.717, 1.165) is 12.1 Å². The fourth-order valence-corrected chi connectivity index (χ4v) is 2.78. The average Bonchev–Trinajstić information content (AvgIpc) is 2.69. The van der Waals surface area contributed by atoms with E-state index in [1.165, 1.54) is 18.3 Å². The molecule has 0 fully saturated rings. The van der Waals surface area contributed by atoms with E-state index >= 15 is 0 Å². The Morgan fingerprint density at radius 1 is 1.07 bits per heavy atom. The third-order valence-corrected chi connectivity index (χ3v) is 4.27. The Morgan fingerprint density at radius 2 is 1.73 bits per heavy atom. The lowest BCUT2D eigenvalue weighted by Gasteiger charge is -2.13. The number of carboxylic acid groups (broad SMARTS) is 1. The molecule has 2 aromatic carbocycles. The van der Waals surface area contributed by atoms with Crippen molar-refractivity contribution in [2.45, 2.75) is 13.0 Å². The minimum Gasteiger partial charge on any atom is -0.481 e. The van der Waals surface area contributed by atoms with Crippen LogP contribution in [-0.2, 0) is 17.8 Å². The largest absolute Gasteiger partial charge is 0.481 e. The van der Waals surface area contributed by atoms with Gasteiger partial charge in [-0.1, -0.05) is 18.2 Å². The number of anilines is 3. The van der Waals surface area contributed by atoms with Gasteiger partial charge in [0.2, 0.25) is 0 Å². The van der Waals surface area contributed by atoms with Crippen molar-refractivity contribution in [1.82, 2.24) is 4.98 Å². The number of carbonyl (C=O) groups excluding carboxylic acids is 1. The molecule has 0 spiro atoms. The van der Waals surface area contributed by atoms with Crippen LogP contribution in [0.25, 0.3) is 0 Å². The maximum Gasteiger partial charge on any atom is 0.307 e. The summed E-state index contributed by atoms with van der Waals surface area (Å²) in [6, 6.07) is 11.7. The summed E-state index contributed by atoms with van der Waals surface area (Å²) >= 11 is 0. The lowest BCUT2D eigenvalue weighted by atomic mass is 10.1. The number of nitrogens with one attached hydrogen (secondary N) is 2. The second kappa shape index (κ2) is 8.99. The molecule has 1 aromatic heterocycles. The summed E-state index contributed by atoms with van der Waals surface area (Å²) in [4.78, 5) is 26.6. The van der Waals surface area contributed by atoms with E-state index in [4.69, 9.17) is 10.8 Å². The second-order valence-corrected chi connectivity index (χ2v) is 6.43. The van der Waals surface area contributed by atoms with Gasteiger partial charge in [-0.05, 0) is 29.8 Å². The fraction of sp³-hybridized carbons (Fsp3) is 0.0952. The number of aromatic nitrogens is 1. The molecule has 1 heterocycles. The zero-order chi connectivity index (χ0) is 21.7. The van der Waals surface area contributed by atoms with Crippen LogP contribution in [0.4, 0.5) is 26.0 Å². The van der Waals surface area contributed by atoms with Crippen molar-refractivity contribution in [3.8, 4) is 0 Å². The SMILES string of the molecule is NC(=O)c1cnc(Nc2ccc(CC(=O)O)cc2)cc1NCc1c(F)cccc1F. The van der Waals surface area contributed by atoms with E-state index in [0.29, 0.717) is 17.1 Å². The number of rotatable bonds is 8. The highest BCUT2D eigenvalue weighted by Crippen LogP contribution is 2.23. The summed E-state index contributed by atoms with van der Waals surface area (Å²) in [5.41, 5.74) is 6.78. The molecule has 0 aliphatic carbocycles. The predicted molar refractivity (Wildman–Crippen MR) is 108 cm³/mol. The number of primary amides is 1. The number of nitrogens with two attached hydrogens (primary N) is 1. The molecule has 9 heteroatoms. The van der Waals surface area contributed by atoms with Gasteiger partial charge >= 0.3 is 5.97 Å². The van der Waals surface area contributed by atoms with Crippen LogP contribution in [0, 0.1) is 11.6 Å². The predicted octanol–water partition coefficient (Wildman–Crippen LogP) is 3.44. The summed E-state index contributed by atoms with van der Waals surface area (Å²) in [6.07, 6.45) is 1.16. The molecule has 30 heavy (non-hydrogen) atoms. The Bertz CT molecular complexity index is 1070. The zero-order valence-corrected chi connectivity index (χ0v) is 15.7. The molecular weight excluding hydrogens is 394 g/mol. The minimum atomic E-state index is -0.929. The number of halogens is 2.